The SMILES string of the molecule is CN1CCN(C(=O)c2ccc([N+](=O)[O-])o2)C(CN)C1. The molecule has 0 aromatic carbocycles. The van der Waals surface area contributed by atoms with Gasteiger partial charge < -0.3 is 20.0 Å². The predicted octanol–water partition coefficient (Wildman–Crippen LogP) is -0.0973. The Bertz CT molecular complexity index is 487. The zero-order chi connectivity index (χ0) is 14.0. The molecular formula is C11H16N4O4. The van der Waals surface area contributed by atoms with E-state index in [1.54, 1.807) is 4.90 Å². The van der Waals surface area contributed by atoms with Crippen molar-refractivity contribution in [3.63, 3.8) is 0 Å². The van der Waals surface area contributed by atoms with Gasteiger partial charge >= 0.3 is 5.88 Å². The maximum atomic E-state index is 12.2. The van der Waals surface area contributed by atoms with Gasteiger partial charge in [-0.25, -0.2) is 0 Å². The van der Waals surface area contributed by atoms with Gasteiger partial charge in [0.05, 0.1) is 12.1 Å². The first-order valence-corrected chi connectivity index (χ1v) is 5.96. The molecule has 19 heavy (non-hydrogen) atoms. The van der Waals surface area contributed by atoms with Crippen LogP contribution in [0.3, 0.4) is 0 Å². The van der Waals surface area contributed by atoms with Gasteiger partial charge in [-0.05, 0) is 13.1 Å². The van der Waals surface area contributed by atoms with Crippen LogP contribution in [0.4, 0.5) is 5.88 Å². The number of nitrogens with zero attached hydrogens (tertiary/aromatic N) is 3. The number of carbonyl (C=O) groups excluding carboxylic acids is 1. The zero-order valence-electron chi connectivity index (χ0n) is 10.6. The second-order valence-electron chi connectivity index (χ2n) is 4.55. The molecule has 1 aliphatic heterocycles. The maximum Gasteiger partial charge on any atom is 0.433 e. The molecule has 0 aliphatic carbocycles. The molecule has 2 N–H and O–H groups in total. The predicted molar refractivity (Wildman–Crippen MR) is 66.7 cm³/mol. The van der Waals surface area contributed by atoms with Gasteiger partial charge in [0.1, 0.15) is 4.92 Å². The largest absolute Gasteiger partial charge is 0.433 e. The third kappa shape index (κ3) is 2.74. The lowest BCUT2D eigenvalue weighted by atomic mass is 10.1. The summed E-state index contributed by atoms with van der Waals surface area (Å²) in [5.41, 5.74) is 5.67. The van der Waals surface area contributed by atoms with Crippen molar-refractivity contribution in [2.75, 3.05) is 33.2 Å². The molecule has 0 spiro atoms. The molecule has 8 heteroatoms. The van der Waals surface area contributed by atoms with Crippen LogP contribution in [0.2, 0.25) is 0 Å². The third-order valence-electron chi connectivity index (χ3n) is 3.20. The average Bonchev–Trinajstić information content (AvgIpc) is 2.87. The Labute approximate surface area is 109 Å². The van der Waals surface area contributed by atoms with E-state index in [9.17, 15) is 14.9 Å². The maximum absolute atomic E-state index is 12.2. The summed E-state index contributed by atoms with van der Waals surface area (Å²) in [4.78, 5) is 25.8. The quantitative estimate of drug-likeness (QED) is 0.606. The molecule has 1 unspecified atom stereocenters. The molecule has 8 nitrogen and oxygen atoms in total. The fraction of sp³-hybridized carbons (Fsp3) is 0.545. The molecule has 1 aromatic rings. The number of nitro groups is 1. The van der Waals surface area contributed by atoms with Gasteiger partial charge in [0.25, 0.3) is 5.91 Å². The van der Waals surface area contributed by atoms with Gasteiger partial charge in [0, 0.05) is 26.2 Å². The molecule has 2 rings (SSSR count). The summed E-state index contributed by atoms with van der Waals surface area (Å²) >= 11 is 0. The number of likely N-dealkylation sites (N-methyl/N-ethyl adjacent to an activating group) is 1. The Hall–Kier alpha value is -1.93. The van der Waals surface area contributed by atoms with Gasteiger partial charge in [-0.3, -0.25) is 14.9 Å². The normalized spacial score (nSPS) is 20.5. The van der Waals surface area contributed by atoms with Crippen LogP contribution in [0.1, 0.15) is 10.6 Å². The Kier molecular flexibility index (Phi) is 3.82. The van der Waals surface area contributed by atoms with E-state index in [0.717, 1.165) is 6.54 Å². The van der Waals surface area contributed by atoms with E-state index in [-0.39, 0.29) is 17.7 Å². The van der Waals surface area contributed by atoms with Crippen molar-refractivity contribution in [3.05, 3.63) is 28.0 Å². The summed E-state index contributed by atoms with van der Waals surface area (Å²) in [6.45, 7) is 2.31. The van der Waals surface area contributed by atoms with E-state index in [0.29, 0.717) is 19.6 Å². The highest BCUT2D eigenvalue weighted by Crippen LogP contribution is 2.19. The number of rotatable bonds is 3. The highest BCUT2D eigenvalue weighted by molar-refractivity contribution is 5.92. The Balaban J connectivity index is 2.15. The number of piperazine rings is 1. The summed E-state index contributed by atoms with van der Waals surface area (Å²) in [5.74, 6) is -0.798. The van der Waals surface area contributed by atoms with Crippen LogP contribution >= 0.6 is 0 Å². The minimum Gasteiger partial charge on any atom is -0.395 e. The van der Waals surface area contributed by atoms with E-state index in [1.807, 2.05) is 7.05 Å². The van der Waals surface area contributed by atoms with Gasteiger partial charge in [-0.2, -0.15) is 0 Å². The molecule has 0 radical (unpaired) electrons. The third-order valence-corrected chi connectivity index (χ3v) is 3.20. The Morgan fingerprint density at radius 2 is 2.32 bits per heavy atom. The fourth-order valence-corrected chi connectivity index (χ4v) is 2.16. The molecule has 0 bridgehead atoms. The standard InChI is InChI=1S/C11H16N4O4/c1-13-4-5-14(8(6-12)7-13)11(16)9-2-3-10(19-9)15(17)18/h2-3,8H,4-7,12H2,1H3. The number of carbonyl (C=O) groups is 1. The van der Waals surface area contributed by atoms with Gasteiger partial charge in [0.2, 0.25) is 0 Å². The van der Waals surface area contributed by atoms with Gasteiger partial charge in [-0.15, -0.1) is 0 Å². The molecule has 1 aliphatic rings. The van der Waals surface area contributed by atoms with Crippen molar-refractivity contribution in [1.82, 2.24) is 9.80 Å². The molecule has 104 valence electrons. The number of nitrogens with two attached hydrogens (primary N) is 1. The first-order valence-electron chi connectivity index (χ1n) is 5.96. The minimum atomic E-state index is -0.665. The first kappa shape index (κ1) is 13.5. The highest BCUT2D eigenvalue weighted by Gasteiger charge is 2.31. The lowest BCUT2D eigenvalue weighted by Gasteiger charge is -2.39. The van der Waals surface area contributed by atoms with Crippen LogP contribution in [0.15, 0.2) is 16.5 Å². The van der Waals surface area contributed by atoms with E-state index >= 15 is 0 Å². The van der Waals surface area contributed by atoms with E-state index in [2.05, 4.69) is 4.90 Å². The number of hydrogen-bond acceptors (Lipinski definition) is 6. The van der Waals surface area contributed by atoms with E-state index in [1.165, 1.54) is 12.1 Å². The van der Waals surface area contributed by atoms with Crippen LogP contribution in [-0.4, -0.2) is 59.9 Å². The van der Waals surface area contributed by atoms with Crippen molar-refractivity contribution in [2.24, 2.45) is 5.73 Å². The van der Waals surface area contributed by atoms with Gasteiger partial charge in [-0.1, -0.05) is 0 Å². The molecule has 0 saturated carbocycles. The van der Waals surface area contributed by atoms with Crippen LogP contribution in [0.25, 0.3) is 0 Å². The Morgan fingerprint density at radius 1 is 1.58 bits per heavy atom. The first-order chi connectivity index (χ1) is 9.02. The monoisotopic (exact) mass is 268 g/mol. The van der Waals surface area contributed by atoms with Gasteiger partial charge in [0.15, 0.2) is 5.76 Å². The Morgan fingerprint density at radius 3 is 2.89 bits per heavy atom. The summed E-state index contributed by atoms with van der Waals surface area (Å²) in [5, 5.41) is 10.5. The zero-order valence-corrected chi connectivity index (χ0v) is 10.6. The highest BCUT2D eigenvalue weighted by atomic mass is 16.6. The molecule has 1 atom stereocenters. The molecule has 2 heterocycles. The fourth-order valence-electron chi connectivity index (χ4n) is 2.16. The second kappa shape index (κ2) is 5.37. The summed E-state index contributed by atoms with van der Waals surface area (Å²) in [7, 11) is 1.96. The molecule has 1 amide bonds. The van der Waals surface area contributed by atoms with Crippen molar-refractivity contribution in [1.29, 1.82) is 0 Å². The topological polar surface area (TPSA) is 106 Å². The van der Waals surface area contributed by atoms with Crippen molar-refractivity contribution < 1.29 is 14.1 Å². The van der Waals surface area contributed by atoms with Crippen molar-refractivity contribution in [3.8, 4) is 0 Å². The summed E-state index contributed by atoms with van der Waals surface area (Å²) in [6, 6.07) is 2.41. The van der Waals surface area contributed by atoms with Crippen LogP contribution < -0.4 is 5.73 Å². The van der Waals surface area contributed by atoms with Crippen LogP contribution in [-0.2, 0) is 0 Å². The van der Waals surface area contributed by atoms with Crippen LogP contribution in [0.5, 0.6) is 0 Å². The lowest BCUT2D eigenvalue weighted by Crippen LogP contribution is -2.56. The molecular weight excluding hydrogens is 252 g/mol. The number of hydrogen-bond donors (Lipinski definition) is 1. The summed E-state index contributed by atoms with van der Waals surface area (Å²) < 4.78 is 4.94. The number of furan rings is 1. The van der Waals surface area contributed by atoms with Crippen molar-refractivity contribution >= 4 is 11.8 Å². The van der Waals surface area contributed by atoms with E-state index < -0.39 is 10.8 Å². The minimum absolute atomic E-state index is 0.0188. The molecule has 1 fully saturated rings. The number of amides is 1. The lowest BCUT2D eigenvalue weighted by molar-refractivity contribution is -0.402. The smallest absolute Gasteiger partial charge is 0.395 e. The second-order valence-corrected chi connectivity index (χ2v) is 4.55. The average molecular weight is 268 g/mol. The molecule has 1 saturated heterocycles. The van der Waals surface area contributed by atoms with Crippen molar-refractivity contribution in [2.45, 2.75) is 6.04 Å². The van der Waals surface area contributed by atoms with Crippen LogP contribution in [0, 0.1) is 10.1 Å². The summed E-state index contributed by atoms with van der Waals surface area (Å²) in [6.07, 6.45) is 0. The van der Waals surface area contributed by atoms with E-state index in [4.69, 9.17) is 10.2 Å². The molecule has 1 aromatic heterocycles.